The molecule has 4 aliphatic rings. The molecular formula is C18H30N2O. The zero-order valence-electron chi connectivity index (χ0n) is 13.2. The summed E-state index contributed by atoms with van der Waals surface area (Å²) in [6.45, 7) is 0.953. The normalized spacial score (nSPS) is 41.2. The van der Waals surface area contributed by atoms with E-state index in [2.05, 4.69) is 5.32 Å². The summed E-state index contributed by atoms with van der Waals surface area (Å²) in [7, 11) is 0. The van der Waals surface area contributed by atoms with Crippen LogP contribution in [0.2, 0.25) is 0 Å². The van der Waals surface area contributed by atoms with Gasteiger partial charge in [-0.3, -0.25) is 4.79 Å². The molecule has 4 aliphatic carbocycles. The van der Waals surface area contributed by atoms with Crippen molar-refractivity contribution in [2.75, 3.05) is 6.54 Å². The third-order valence-electron chi connectivity index (χ3n) is 7.19. The van der Waals surface area contributed by atoms with Crippen molar-refractivity contribution in [3.8, 4) is 0 Å². The number of hydrogen-bond acceptors (Lipinski definition) is 2. The van der Waals surface area contributed by atoms with Crippen molar-refractivity contribution >= 4 is 5.91 Å². The fraction of sp³-hybridized carbons (Fsp3) is 0.944. The highest BCUT2D eigenvalue weighted by Gasteiger charge is 2.49. The van der Waals surface area contributed by atoms with Gasteiger partial charge in [-0.2, -0.15) is 0 Å². The third kappa shape index (κ3) is 2.52. The minimum atomic E-state index is 0.247. The predicted molar refractivity (Wildman–Crippen MR) is 83.5 cm³/mol. The maximum atomic E-state index is 12.6. The molecule has 2 unspecified atom stereocenters. The number of amides is 1. The Morgan fingerprint density at radius 2 is 1.71 bits per heavy atom. The van der Waals surface area contributed by atoms with E-state index in [1.54, 1.807) is 0 Å². The van der Waals surface area contributed by atoms with E-state index in [0.717, 1.165) is 25.3 Å². The molecule has 21 heavy (non-hydrogen) atoms. The van der Waals surface area contributed by atoms with Crippen LogP contribution in [0.15, 0.2) is 0 Å². The monoisotopic (exact) mass is 290 g/mol. The van der Waals surface area contributed by atoms with Gasteiger partial charge < -0.3 is 11.1 Å². The second kappa shape index (κ2) is 5.26. The van der Waals surface area contributed by atoms with Gasteiger partial charge in [0.1, 0.15) is 0 Å². The largest absolute Gasteiger partial charge is 0.355 e. The summed E-state index contributed by atoms with van der Waals surface area (Å²) < 4.78 is 0. The van der Waals surface area contributed by atoms with Gasteiger partial charge in [-0.25, -0.2) is 0 Å². The van der Waals surface area contributed by atoms with Gasteiger partial charge in [0.25, 0.3) is 0 Å². The summed E-state index contributed by atoms with van der Waals surface area (Å²) in [5, 5.41) is 3.34. The van der Waals surface area contributed by atoms with Gasteiger partial charge in [-0.15, -0.1) is 0 Å². The zero-order chi connectivity index (χ0) is 14.4. The number of fused-ring (bicyclic) bond motifs is 2. The van der Waals surface area contributed by atoms with Crippen LogP contribution in [0.25, 0.3) is 0 Å². The molecule has 1 amide bonds. The van der Waals surface area contributed by atoms with Gasteiger partial charge in [0.2, 0.25) is 5.91 Å². The highest BCUT2D eigenvalue weighted by atomic mass is 16.1. The first kappa shape index (κ1) is 14.0. The Hall–Kier alpha value is -0.570. The lowest BCUT2D eigenvalue weighted by molar-refractivity contribution is -0.129. The van der Waals surface area contributed by atoms with Crippen LogP contribution in [0.5, 0.6) is 0 Å². The Bertz CT molecular complexity index is 399. The van der Waals surface area contributed by atoms with Crippen LogP contribution in [0, 0.1) is 29.1 Å². The van der Waals surface area contributed by atoms with Crippen molar-refractivity contribution < 1.29 is 4.79 Å². The van der Waals surface area contributed by atoms with E-state index in [4.69, 9.17) is 5.73 Å². The van der Waals surface area contributed by atoms with Gasteiger partial charge in [0.05, 0.1) is 0 Å². The number of carbonyl (C=O) groups excluding carboxylic acids is 1. The highest BCUT2D eigenvalue weighted by molar-refractivity contribution is 5.78. The zero-order valence-corrected chi connectivity index (χ0v) is 13.2. The van der Waals surface area contributed by atoms with Crippen molar-refractivity contribution in [2.24, 2.45) is 34.8 Å². The lowest BCUT2D eigenvalue weighted by Gasteiger charge is -2.45. The molecule has 4 rings (SSSR count). The van der Waals surface area contributed by atoms with Crippen LogP contribution in [-0.4, -0.2) is 18.5 Å². The lowest BCUT2D eigenvalue weighted by Crippen LogP contribution is -2.51. The molecule has 0 heterocycles. The highest BCUT2D eigenvalue weighted by Crippen LogP contribution is 2.56. The van der Waals surface area contributed by atoms with Crippen LogP contribution < -0.4 is 11.1 Å². The maximum absolute atomic E-state index is 12.6. The smallest absolute Gasteiger partial charge is 0.223 e. The minimum absolute atomic E-state index is 0.247. The molecule has 0 aliphatic heterocycles. The fourth-order valence-electron chi connectivity index (χ4n) is 5.47. The Balaban J connectivity index is 1.33. The molecule has 0 radical (unpaired) electrons. The molecular weight excluding hydrogens is 260 g/mol. The van der Waals surface area contributed by atoms with Gasteiger partial charge in [-0.05, 0) is 74.5 Å². The van der Waals surface area contributed by atoms with Gasteiger partial charge in [0, 0.05) is 18.5 Å². The molecule has 118 valence electrons. The molecule has 2 bridgehead atoms. The van der Waals surface area contributed by atoms with E-state index in [-0.39, 0.29) is 5.92 Å². The summed E-state index contributed by atoms with van der Waals surface area (Å²) in [5.74, 6) is 2.72. The molecule has 0 spiro atoms. The first-order chi connectivity index (χ1) is 10.2. The lowest BCUT2D eigenvalue weighted by atomic mass is 9.64. The number of nitrogens with one attached hydrogen (secondary N) is 1. The van der Waals surface area contributed by atoms with Crippen LogP contribution in [0.4, 0.5) is 0 Å². The Kier molecular flexibility index (Phi) is 3.52. The molecule has 0 aromatic rings. The molecule has 2 atom stereocenters. The van der Waals surface area contributed by atoms with Crippen molar-refractivity contribution in [2.45, 2.75) is 70.3 Å². The van der Waals surface area contributed by atoms with Crippen molar-refractivity contribution in [3.63, 3.8) is 0 Å². The third-order valence-corrected chi connectivity index (χ3v) is 7.19. The average molecular weight is 290 g/mol. The van der Waals surface area contributed by atoms with E-state index in [1.165, 1.54) is 51.4 Å². The summed E-state index contributed by atoms with van der Waals surface area (Å²) in [6.07, 6.45) is 12.8. The van der Waals surface area contributed by atoms with Gasteiger partial charge in [0.15, 0.2) is 0 Å². The second-order valence-electron chi connectivity index (χ2n) is 8.40. The molecule has 4 saturated carbocycles. The predicted octanol–water partition coefficient (Wildman–Crippen LogP) is 2.84. The Labute approximate surface area is 128 Å². The molecule has 3 nitrogen and oxygen atoms in total. The standard InChI is InChI=1S/C18H30N2O/c19-16-12-3-1-4-13(16)10-14(9-12)17(21)20-11-18(7-2-8-18)15-5-6-15/h12-16H,1-11,19H2,(H,20,21). The van der Waals surface area contributed by atoms with Crippen molar-refractivity contribution in [1.29, 1.82) is 0 Å². The Morgan fingerprint density at radius 1 is 1.05 bits per heavy atom. The minimum Gasteiger partial charge on any atom is -0.355 e. The summed E-state index contributed by atoms with van der Waals surface area (Å²) in [4.78, 5) is 12.6. The summed E-state index contributed by atoms with van der Waals surface area (Å²) in [6, 6.07) is 0.368. The average Bonchev–Trinajstić information content (AvgIpc) is 3.21. The van der Waals surface area contributed by atoms with Crippen LogP contribution in [0.3, 0.4) is 0 Å². The molecule has 0 saturated heterocycles. The quantitative estimate of drug-likeness (QED) is 0.836. The molecule has 3 heteroatoms. The van der Waals surface area contributed by atoms with E-state index >= 15 is 0 Å². The molecule has 0 aromatic heterocycles. The van der Waals surface area contributed by atoms with E-state index in [1.807, 2.05) is 0 Å². The van der Waals surface area contributed by atoms with Gasteiger partial charge >= 0.3 is 0 Å². The van der Waals surface area contributed by atoms with E-state index < -0.39 is 0 Å². The second-order valence-corrected chi connectivity index (χ2v) is 8.40. The first-order valence-corrected chi connectivity index (χ1v) is 9.21. The summed E-state index contributed by atoms with van der Waals surface area (Å²) >= 11 is 0. The topological polar surface area (TPSA) is 55.1 Å². The van der Waals surface area contributed by atoms with Crippen LogP contribution in [0.1, 0.15) is 64.2 Å². The van der Waals surface area contributed by atoms with Gasteiger partial charge in [-0.1, -0.05) is 12.8 Å². The number of carbonyl (C=O) groups is 1. The van der Waals surface area contributed by atoms with E-state index in [0.29, 0.717) is 29.2 Å². The maximum Gasteiger partial charge on any atom is 0.223 e. The summed E-state index contributed by atoms with van der Waals surface area (Å²) in [5.41, 5.74) is 6.83. The van der Waals surface area contributed by atoms with Crippen LogP contribution >= 0.6 is 0 Å². The molecule has 4 fully saturated rings. The SMILES string of the molecule is NC1C2CCCC1CC(C(=O)NCC1(C3CC3)CCC1)C2. The number of hydrogen-bond donors (Lipinski definition) is 2. The molecule has 0 aromatic carbocycles. The molecule has 3 N–H and O–H groups in total. The number of rotatable bonds is 4. The first-order valence-electron chi connectivity index (χ1n) is 9.21. The van der Waals surface area contributed by atoms with Crippen LogP contribution in [-0.2, 0) is 4.79 Å². The van der Waals surface area contributed by atoms with E-state index in [9.17, 15) is 4.79 Å². The Morgan fingerprint density at radius 3 is 2.24 bits per heavy atom. The fourth-order valence-corrected chi connectivity index (χ4v) is 5.47. The van der Waals surface area contributed by atoms with Crippen molar-refractivity contribution in [1.82, 2.24) is 5.32 Å². The number of nitrogens with two attached hydrogens (primary N) is 1. The van der Waals surface area contributed by atoms with Crippen molar-refractivity contribution in [3.05, 3.63) is 0 Å².